The molecule has 6 heteroatoms. The Balaban J connectivity index is 3.62. The molecule has 6 nitrogen and oxygen atoms in total. The number of hydrogen-bond acceptors (Lipinski definition) is 6. The molecule has 0 spiro atoms. The summed E-state index contributed by atoms with van der Waals surface area (Å²) in [4.78, 5) is 14.3. The van der Waals surface area contributed by atoms with Crippen LogP contribution in [-0.4, -0.2) is 66.3 Å². The van der Waals surface area contributed by atoms with Crippen molar-refractivity contribution < 1.29 is 24.5 Å². The number of carbonyl (C=O) groups is 1. The normalized spacial score (nSPS) is 13.0. The lowest BCUT2D eigenvalue weighted by Gasteiger charge is -2.21. The summed E-state index contributed by atoms with van der Waals surface area (Å²) in [6.07, 6.45) is 29.6. The highest BCUT2D eigenvalue weighted by atomic mass is 16.6. The molecule has 0 aliphatic heterocycles. The fraction of sp³-hybridized carbons (Fsp3) is 0.919. The second-order valence-electron chi connectivity index (χ2n) is 12.7. The van der Waals surface area contributed by atoms with Gasteiger partial charge in [0.2, 0.25) is 0 Å². The summed E-state index contributed by atoms with van der Waals surface area (Å²) in [6, 6.07) is 0. The molecule has 43 heavy (non-hydrogen) atoms. The van der Waals surface area contributed by atoms with Gasteiger partial charge in [-0.1, -0.05) is 109 Å². The maximum atomic E-state index is 11.9. The molecule has 0 aromatic heterocycles. The smallest absolute Gasteiger partial charge is 0.305 e. The third kappa shape index (κ3) is 32.3. The molecule has 0 amide bonds. The summed E-state index contributed by atoms with van der Waals surface area (Å²) in [5, 5.41) is 19.6. The van der Waals surface area contributed by atoms with E-state index in [0.717, 1.165) is 96.7 Å². The number of ether oxygens (including phenoxy) is 2. The van der Waals surface area contributed by atoms with Gasteiger partial charge in [-0.15, -0.1) is 6.58 Å². The van der Waals surface area contributed by atoms with Crippen LogP contribution in [0.4, 0.5) is 0 Å². The van der Waals surface area contributed by atoms with E-state index in [1.54, 1.807) is 0 Å². The van der Waals surface area contributed by atoms with Crippen molar-refractivity contribution in [3.05, 3.63) is 12.7 Å². The lowest BCUT2D eigenvalue weighted by Crippen LogP contribution is -2.29. The predicted molar refractivity (Wildman–Crippen MR) is 182 cm³/mol. The monoisotopic (exact) mass is 612 g/mol. The zero-order valence-corrected chi connectivity index (χ0v) is 28.7. The zero-order chi connectivity index (χ0) is 31.6. The van der Waals surface area contributed by atoms with Gasteiger partial charge in [-0.2, -0.15) is 0 Å². The molecule has 0 radical (unpaired) electrons. The van der Waals surface area contributed by atoms with E-state index in [0.29, 0.717) is 13.0 Å². The van der Waals surface area contributed by atoms with Crippen molar-refractivity contribution in [2.75, 3.05) is 32.8 Å². The van der Waals surface area contributed by atoms with E-state index in [9.17, 15) is 15.0 Å². The van der Waals surface area contributed by atoms with Gasteiger partial charge < -0.3 is 24.6 Å². The van der Waals surface area contributed by atoms with Crippen LogP contribution in [0, 0.1) is 0 Å². The van der Waals surface area contributed by atoms with Gasteiger partial charge in [-0.05, 0) is 77.8 Å². The first-order valence-electron chi connectivity index (χ1n) is 18.5. The Bertz CT molecular complexity index is 587. The topological polar surface area (TPSA) is 79.2 Å². The van der Waals surface area contributed by atoms with Gasteiger partial charge in [0.05, 0.1) is 19.3 Å². The van der Waals surface area contributed by atoms with Crippen LogP contribution in [0.15, 0.2) is 12.7 Å². The Hall–Kier alpha value is -0.950. The van der Waals surface area contributed by atoms with Crippen LogP contribution >= 0.6 is 0 Å². The van der Waals surface area contributed by atoms with E-state index in [1.807, 2.05) is 6.08 Å². The van der Waals surface area contributed by atoms with Crippen LogP contribution in [0.2, 0.25) is 0 Å². The number of allylic oxidation sites excluding steroid dienone is 1. The SMILES string of the molecule is C=CCCCCCCC(C)OC(O)CCCCCCCN(CCO)CCCCCCCC(=O)OCCCCCCCCC. The Labute approximate surface area is 267 Å². The molecule has 2 unspecified atom stereocenters. The number of nitrogens with zero attached hydrogens (tertiary/aromatic N) is 1. The number of carbonyl (C=O) groups excluding carboxylic acids is 1. The van der Waals surface area contributed by atoms with Crippen molar-refractivity contribution in [1.82, 2.24) is 4.90 Å². The zero-order valence-electron chi connectivity index (χ0n) is 28.7. The molecule has 0 aromatic rings. The van der Waals surface area contributed by atoms with Gasteiger partial charge in [0.25, 0.3) is 0 Å². The van der Waals surface area contributed by atoms with Gasteiger partial charge in [-0.25, -0.2) is 0 Å². The first kappa shape index (κ1) is 42.0. The fourth-order valence-electron chi connectivity index (χ4n) is 5.59. The summed E-state index contributed by atoms with van der Waals surface area (Å²) < 4.78 is 11.1. The molecular formula is C37H73NO5. The van der Waals surface area contributed by atoms with Crippen molar-refractivity contribution in [1.29, 1.82) is 0 Å². The standard InChI is InChI=1S/C37H73NO5/c1-4-6-8-10-12-20-26-34-42-36(40)28-22-16-13-18-24-30-38(32-33-39)31-25-19-14-17-23-29-37(41)43-35(3)27-21-15-11-9-7-5-2/h5,35,37,39,41H,2,4,6-34H2,1,3H3. The quantitative estimate of drug-likeness (QED) is 0.0322. The number of hydrogen-bond donors (Lipinski definition) is 2. The number of aliphatic hydroxyl groups excluding tert-OH is 2. The third-order valence-corrected chi connectivity index (χ3v) is 8.37. The lowest BCUT2D eigenvalue weighted by molar-refractivity contribution is -0.144. The molecule has 0 saturated carbocycles. The van der Waals surface area contributed by atoms with Crippen molar-refractivity contribution in [2.45, 2.75) is 187 Å². The molecule has 0 aliphatic rings. The van der Waals surface area contributed by atoms with E-state index in [-0.39, 0.29) is 18.7 Å². The second-order valence-corrected chi connectivity index (χ2v) is 12.7. The molecule has 0 aromatic carbocycles. The molecule has 2 atom stereocenters. The van der Waals surface area contributed by atoms with Crippen molar-refractivity contribution in [2.24, 2.45) is 0 Å². The van der Waals surface area contributed by atoms with Crippen LogP contribution in [0.3, 0.4) is 0 Å². The molecule has 0 fully saturated rings. The molecule has 0 rings (SSSR count). The molecule has 0 heterocycles. The maximum Gasteiger partial charge on any atom is 0.305 e. The molecule has 256 valence electrons. The van der Waals surface area contributed by atoms with Gasteiger partial charge in [-0.3, -0.25) is 4.79 Å². The number of aliphatic hydroxyl groups is 2. The van der Waals surface area contributed by atoms with Gasteiger partial charge in [0, 0.05) is 13.0 Å². The summed E-state index contributed by atoms with van der Waals surface area (Å²) in [5.41, 5.74) is 0. The average Bonchev–Trinajstić information content (AvgIpc) is 2.99. The van der Waals surface area contributed by atoms with Crippen molar-refractivity contribution in [3.63, 3.8) is 0 Å². The highest BCUT2D eigenvalue weighted by Crippen LogP contribution is 2.15. The largest absolute Gasteiger partial charge is 0.466 e. The Morgan fingerprint density at radius 3 is 1.88 bits per heavy atom. The van der Waals surface area contributed by atoms with Crippen LogP contribution in [0.1, 0.15) is 174 Å². The maximum absolute atomic E-state index is 11.9. The number of rotatable bonds is 35. The summed E-state index contributed by atoms with van der Waals surface area (Å²) >= 11 is 0. The summed E-state index contributed by atoms with van der Waals surface area (Å²) in [6.45, 7) is 11.7. The Morgan fingerprint density at radius 2 is 1.26 bits per heavy atom. The van der Waals surface area contributed by atoms with E-state index >= 15 is 0 Å². The summed E-state index contributed by atoms with van der Waals surface area (Å²) in [5.74, 6) is -0.0317. The van der Waals surface area contributed by atoms with E-state index in [4.69, 9.17) is 9.47 Å². The average molecular weight is 612 g/mol. The van der Waals surface area contributed by atoms with Crippen molar-refractivity contribution in [3.8, 4) is 0 Å². The van der Waals surface area contributed by atoms with Crippen LogP contribution in [0.5, 0.6) is 0 Å². The highest BCUT2D eigenvalue weighted by Gasteiger charge is 2.10. The van der Waals surface area contributed by atoms with Crippen molar-refractivity contribution >= 4 is 5.97 Å². The minimum atomic E-state index is -0.635. The third-order valence-electron chi connectivity index (χ3n) is 8.37. The number of unbranched alkanes of at least 4 members (excludes halogenated alkanes) is 18. The van der Waals surface area contributed by atoms with Gasteiger partial charge >= 0.3 is 5.97 Å². The van der Waals surface area contributed by atoms with Gasteiger partial charge in [0.1, 0.15) is 0 Å². The van der Waals surface area contributed by atoms with Crippen LogP contribution in [0.25, 0.3) is 0 Å². The molecule has 2 N–H and O–H groups in total. The molecular weight excluding hydrogens is 538 g/mol. The molecule has 0 aliphatic carbocycles. The summed E-state index contributed by atoms with van der Waals surface area (Å²) in [7, 11) is 0. The van der Waals surface area contributed by atoms with E-state index in [2.05, 4.69) is 25.3 Å². The fourth-order valence-corrected chi connectivity index (χ4v) is 5.59. The Morgan fingerprint density at radius 1 is 0.721 bits per heavy atom. The first-order valence-corrected chi connectivity index (χ1v) is 18.5. The highest BCUT2D eigenvalue weighted by molar-refractivity contribution is 5.69. The minimum absolute atomic E-state index is 0.0317. The molecule has 0 bridgehead atoms. The van der Waals surface area contributed by atoms with Gasteiger partial charge in [0.15, 0.2) is 6.29 Å². The molecule has 0 saturated heterocycles. The Kier molecular flexibility index (Phi) is 33.2. The second kappa shape index (κ2) is 33.9. The van der Waals surface area contributed by atoms with Crippen LogP contribution in [-0.2, 0) is 14.3 Å². The van der Waals surface area contributed by atoms with E-state index < -0.39 is 6.29 Å². The predicted octanol–water partition coefficient (Wildman–Crippen LogP) is 9.51. The minimum Gasteiger partial charge on any atom is -0.466 e. The van der Waals surface area contributed by atoms with E-state index in [1.165, 1.54) is 77.0 Å². The first-order chi connectivity index (χ1) is 21.0. The number of esters is 1. The lowest BCUT2D eigenvalue weighted by atomic mass is 10.1. The van der Waals surface area contributed by atoms with Crippen LogP contribution < -0.4 is 0 Å².